The fraction of sp³-hybridized carbons (Fsp3) is 0.533. The molecule has 0 aromatic carbocycles. The second-order valence-electron chi connectivity index (χ2n) is 6.00. The number of aromatic nitrogens is 2. The molecule has 0 radical (unpaired) electrons. The number of fused-ring (bicyclic) bond motifs is 1. The highest BCUT2D eigenvalue weighted by molar-refractivity contribution is 5.72. The zero-order valence-electron chi connectivity index (χ0n) is 13.4. The average molecular weight is 355 g/mol. The van der Waals surface area contributed by atoms with Crippen molar-refractivity contribution in [3.63, 3.8) is 0 Å². The first-order valence-corrected chi connectivity index (χ1v) is 7.56. The van der Waals surface area contributed by atoms with Gasteiger partial charge < -0.3 is 24.5 Å². The van der Waals surface area contributed by atoms with Crippen LogP contribution in [0.25, 0.3) is 11.1 Å². The van der Waals surface area contributed by atoms with Crippen LogP contribution >= 0.6 is 0 Å². The van der Waals surface area contributed by atoms with Crippen LogP contribution in [0.1, 0.15) is 12.7 Å². The predicted molar refractivity (Wildman–Crippen MR) is 84.1 cm³/mol. The number of halogens is 1. The van der Waals surface area contributed by atoms with Crippen molar-refractivity contribution in [3.05, 3.63) is 28.5 Å². The Bertz CT molecular complexity index is 867. The number of furan rings is 1. The molecule has 3 N–H and O–H groups in total. The molecular formula is C15H18FN3O6. The standard InChI is InChI=1S/C15H18FN3O6/c1-14(10(16)11(22)15(7-21,17-2)25-14)19-6-8-5-9(3-4-20)24-12(8)18-13(19)23/h5-6,10-11,20-22H,2-4,7H2,1H3/t10?,11?,14?,15-/m1/s1. The zero-order valence-corrected chi connectivity index (χ0v) is 13.4. The Hall–Kier alpha value is -2.14. The van der Waals surface area contributed by atoms with Crippen molar-refractivity contribution < 1.29 is 28.9 Å². The maximum atomic E-state index is 14.8. The first kappa shape index (κ1) is 17.7. The summed E-state index contributed by atoms with van der Waals surface area (Å²) >= 11 is 0. The van der Waals surface area contributed by atoms with Crippen LogP contribution in [0, 0.1) is 0 Å². The number of hydrogen-bond donors (Lipinski definition) is 3. The van der Waals surface area contributed by atoms with E-state index in [1.165, 1.54) is 13.1 Å². The van der Waals surface area contributed by atoms with E-state index < -0.39 is 36.0 Å². The summed E-state index contributed by atoms with van der Waals surface area (Å²) < 4.78 is 26.5. The maximum Gasteiger partial charge on any atom is 0.353 e. The van der Waals surface area contributed by atoms with Crippen molar-refractivity contribution >= 4 is 17.8 Å². The summed E-state index contributed by atoms with van der Waals surface area (Å²) in [6.45, 7) is 3.51. The molecule has 3 heterocycles. The van der Waals surface area contributed by atoms with Crippen LogP contribution in [-0.4, -0.2) is 62.8 Å². The van der Waals surface area contributed by atoms with Crippen LogP contribution < -0.4 is 5.69 Å². The van der Waals surface area contributed by atoms with Gasteiger partial charge in [0.2, 0.25) is 11.4 Å². The van der Waals surface area contributed by atoms with Gasteiger partial charge in [0.1, 0.15) is 11.9 Å². The lowest BCUT2D eigenvalue weighted by Crippen LogP contribution is -2.46. The van der Waals surface area contributed by atoms with Crippen molar-refractivity contribution in [3.8, 4) is 0 Å². The van der Waals surface area contributed by atoms with E-state index in [0.29, 0.717) is 11.1 Å². The minimum Gasteiger partial charge on any atom is -0.442 e. The molecular weight excluding hydrogens is 337 g/mol. The van der Waals surface area contributed by atoms with E-state index in [9.17, 15) is 19.4 Å². The zero-order chi connectivity index (χ0) is 18.4. The third-order valence-electron chi connectivity index (χ3n) is 4.43. The molecule has 2 aromatic heterocycles. The van der Waals surface area contributed by atoms with Gasteiger partial charge in [-0.15, -0.1) is 0 Å². The van der Waals surface area contributed by atoms with Gasteiger partial charge in [-0.2, -0.15) is 4.98 Å². The fourth-order valence-corrected chi connectivity index (χ4v) is 2.99. The number of alkyl halides is 1. The molecule has 1 saturated heterocycles. The van der Waals surface area contributed by atoms with Crippen molar-refractivity contribution in [1.82, 2.24) is 9.55 Å². The van der Waals surface area contributed by atoms with Gasteiger partial charge in [0.05, 0.1) is 18.6 Å². The summed E-state index contributed by atoms with van der Waals surface area (Å²) in [6.07, 6.45) is -2.38. The first-order valence-electron chi connectivity index (χ1n) is 7.56. The molecule has 1 aliphatic heterocycles. The Balaban J connectivity index is 2.13. The number of aliphatic hydroxyl groups is 3. The number of ether oxygens (including phenoxy) is 1. The van der Waals surface area contributed by atoms with Gasteiger partial charge in [0, 0.05) is 12.6 Å². The largest absolute Gasteiger partial charge is 0.442 e. The van der Waals surface area contributed by atoms with E-state index in [1.54, 1.807) is 6.07 Å². The van der Waals surface area contributed by atoms with Gasteiger partial charge in [0.15, 0.2) is 11.9 Å². The summed E-state index contributed by atoms with van der Waals surface area (Å²) in [4.78, 5) is 19.6. The lowest BCUT2D eigenvalue weighted by atomic mass is 10.0. The van der Waals surface area contributed by atoms with Crippen LogP contribution in [0.5, 0.6) is 0 Å². The minimum absolute atomic E-state index is 0.0394. The molecule has 0 amide bonds. The normalized spacial score (nSPS) is 32.4. The van der Waals surface area contributed by atoms with Crippen LogP contribution in [0.2, 0.25) is 0 Å². The third-order valence-corrected chi connectivity index (χ3v) is 4.43. The van der Waals surface area contributed by atoms with Crippen LogP contribution in [0.3, 0.4) is 0 Å². The predicted octanol–water partition coefficient (Wildman–Crippen LogP) is -0.685. The smallest absolute Gasteiger partial charge is 0.353 e. The van der Waals surface area contributed by atoms with Gasteiger partial charge in [-0.3, -0.25) is 9.56 Å². The van der Waals surface area contributed by atoms with Gasteiger partial charge in [0.25, 0.3) is 0 Å². The van der Waals surface area contributed by atoms with Crippen LogP contribution in [-0.2, 0) is 16.9 Å². The highest BCUT2D eigenvalue weighted by Crippen LogP contribution is 2.43. The number of hydrogen-bond acceptors (Lipinski definition) is 8. The number of rotatable bonds is 5. The van der Waals surface area contributed by atoms with Gasteiger partial charge >= 0.3 is 5.69 Å². The van der Waals surface area contributed by atoms with Crippen molar-refractivity contribution in [2.75, 3.05) is 13.2 Å². The molecule has 0 bridgehead atoms. The molecule has 3 rings (SSSR count). The molecule has 2 aromatic rings. The monoisotopic (exact) mass is 355 g/mol. The molecule has 10 heteroatoms. The molecule has 0 spiro atoms. The molecule has 3 unspecified atom stereocenters. The second kappa shape index (κ2) is 5.99. The molecule has 25 heavy (non-hydrogen) atoms. The summed E-state index contributed by atoms with van der Waals surface area (Å²) in [7, 11) is 0. The second-order valence-corrected chi connectivity index (χ2v) is 6.00. The molecule has 1 fully saturated rings. The lowest BCUT2D eigenvalue weighted by Gasteiger charge is -2.30. The average Bonchev–Trinajstić information content (AvgIpc) is 3.06. The SMILES string of the molecule is C=N[C@]1(CO)OC(C)(n2cc3cc(CCO)oc3nc2=O)C(F)C1O. The number of nitrogens with zero attached hydrogens (tertiary/aromatic N) is 3. The third kappa shape index (κ3) is 2.49. The molecule has 136 valence electrons. The number of aliphatic imine (C=N–C) groups is 1. The van der Waals surface area contributed by atoms with Gasteiger partial charge in [-0.25, -0.2) is 9.18 Å². The van der Waals surface area contributed by atoms with Gasteiger partial charge in [-0.1, -0.05) is 0 Å². The Morgan fingerprint density at radius 3 is 2.80 bits per heavy atom. The first-order chi connectivity index (χ1) is 11.8. The van der Waals surface area contributed by atoms with Gasteiger partial charge in [-0.05, 0) is 19.7 Å². The Labute approximate surface area is 141 Å². The minimum atomic E-state index is -2.08. The van der Waals surface area contributed by atoms with E-state index in [4.69, 9.17) is 14.3 Å². The Kier molecular flexibility index (Phi) is 4.23. The highest BCUT2D eigenvalue weighted by atomic mass is 19.1. The van der Waals surface area contributed by atoms with E-state index >= 15 is 0 Å². The Morgan fingerprint density at radius 1 is 1.52 bits per heavy atom. The molecule has 0 aliphatic carbocycles. The lowest BCUT2D eigenvalue weighted by molar-refractivity contribution is -0.172. The topological polar surface area (TPSA) is 130 Å². The van der Waals surface area contributed by atoms with Crippen LogP contribution in [0.4, 0.5) is 4.39 Å². The summed E-state index contributed by atoms with van der Waals surface area (Å²) in [5, 5.41) is 28.9. The summed E-state index contributed by atoms with van der Waals surface area (Å²) in [5.41, 5.74) is -4.78. The summed E-state index contributed by atoms with van der Waals surface area (Å²) in [5.74, 6) is 0.411. The van der Waals surface area contributed by atoms with Crippen LogP contribution in [0.15, 0.2) is 26.5 Å². The highest BCUT2D eigenvalue weighted by Gasteiger charge is 2.62. The maximum absolute atomic E-state index is 14.8. The fourth-order valence-electron chi connectivity index (χ4n) is 2.99. The quantitative estimate of drug-likeness (QED) is 0.606. The van der Waals surface area contributed by atoms with E-state index in [0.717, 1.165) is 4.57 Å². The van der Waals surface area contributed by atoms with Crippen molar-refractivity contribution in [2.24, 2.45) is 4.99 Å². The molecule has 4 atom stereocenters. The molecule has 1 aliphatic rings. The summed E-state index contributed by atoms with van der Waals surface area (Å²) in [6, 6.07) is 1.56. The van der Waals surface area contributed by atoms with E-state index in [-0.39, 0.29) is 18.7 Å². The number of aliphatic hydroxyl groups excluding tert-OH is 3. The van der Waals surface area contributed by atoms with Crippen molar-refractivity contribution in [1.29, 1.82) is 0 Å². The van der Waals surface area contributed by atoms with Crippen molar-refractivity contribution in [2.45, 2.75) is 37.1 Å². The Morgan fingerprint density at radius 2 is 2.24 bits per heavy atom. The molecule has 9 nitrogen and oxygen atoms in total. The molecule has 0 saturated carbocycles. The van der Waals surface area contributed by atoms with E-state index in [2.05, 4.69) is 16.7 Å². The van der Waals surface area contributed by atoms with E-state index in [1.807, 2.05) is 0 Å².